The predicted molar refractivity (Wildman–Crippen MR) is 95.2 cm³/mol. The Labute approximate surface area is 146 Å². The molecule has 7 heteroatoms. The van der Waals surface area contributed by atoms with Gasteiger partial charge in [0.05, 0.1) is 0 Å². The fraction of sp³-hybridized carbons (Fsp3) is 0.882. The summed E-state index contributed by atoms with van der Waals surface area (Å²) in [5.41, 5.74) is 5.05. The number of carbonyl (C=O) groups is 2. The highest BCUT2D eigenvalue weighted by molar-refractivity contribution is 7.25. The summed E-state index contributed by atoms with van der Waals surface area (Å²) in [7, 11) is -1.15. The van der Waals surface area contributed by atoms with E-state index in [1.165, 1.54) is 0 Å². The molecule has 0 rings (SSSR count). The summed E-state index contributed by atoms with van der Waals surface area (Å²) in [4.78, 5) is 22.3. The van der Waals surface area contributed by atoms with Gasteiger partial charge in [0, 0.05) is 12.8 Å². The maximum absolute atomic E-state index is 11.5. The largest absolute Gasteiger partial charge is 0.481 e. The van der Waals surface area contributed by atoms with Crippen LogP contribution in [0.3, 0.4) is 0 Å². The number of hydrogen-bond donors (Lipinski definition) is 3. The van der Waals surface area contributed by atoms with Gasteiger partial charge < -0.3 is 15.9 Å². The Kier molecular flexibility index (Phi) is 11.1. The van der Waals surface area contributed by atoms with Gasteiger partial charge in [-0.05, 0) is 24.7 Å². The summed E-state index contributed by atoms with van der Waals surface area (Å²) in [5, 5.41) is 18.1. The van der Waals surface area contributed by atoms with Gasteiger partial charge in [0.15, 0.2) is 0 Å². The first kappa shape index (κ1) is 23.0. The molecular weight excluding hydrogens is 329 g/mol. The molecule has 0 aromatic heterocycles. The normalized spacial score (nSPS) is 16.7. The number of hydrogen-bond acceptors (Lipinski definition) is 4. The summed E-state index contributed by atoms with van der Waals surface area (Å²) >= 11 is 0. The zero-order chi connectivity index (χ0) is 18.8. The van der Waals surface area contributed by atoms with E-state index in [0.717, 1.165) is 25.7 Å². The Bertz CT molecular complexity index is 414. The number of primary amides is 1. The zero-order valence-corrected chi connectivity index (χ0v) is 16.1. The van der Waals surface area contributed by atoms with Gasteiger partial charge >= 0.3 is 14.4 Å². The van der Waals surface area contributed by atoms with Crippen molar-refractivity contribution in [3.63, 3.8) is 0 Å². The molecule has 0 aromatic rings. The lowest BCUT2D eigenvalue weighted by Gasteiger charge is -2.24. The van der Waals surface area contributed by atoms with Gasteiger partial charge in [-0.1, -0.05) is 51.0 Å². The van der Waals surface area contributed by atoms with Gasteiger partial charge in [-0.3, -0.25) is 9.59 Å². The van der Waals surface area contributed by atoms with Crippen molar-refractivity contribution >= 4 is 20.3 Å². The van der Waals surface area contributed by atoms with Crippen LogP contribution in [0, 0.1) is 17.8 Å². The lowest BCUT2D eigenvalue weighted by Crippen LogP contribution is -2.38. The Morgan fingerprint density at radius 3 is 2.12 bits per heavy atom. The third-order valence-electron chi connectivity index (χ3n) is 4.97. The van der Waals surface area contributed by atoms with Gasteiger partial charge in [0.25, 0.3) is 5.34 Å². The van der Waals surface area contributed by atoms with Crippen LogP contribution in [0.1, 0.15) is 72.1 Å². The van der Waals surface area contributed by atoms with Crippen LogP contribution in [0.5, 0.6) is 0 Å². The lowest BCUT2D eigenvalue weighted by molar-refractivity contribution is -0.148. The number of amides is 1. The first-order valence-corrected chi connectivity index (χ1v) is 9.73. The Morgan fingerprint density at radius 2 is 1.71 bits per heavy atom. The Balaban J connectivity index is 4.69. The molecule has 0 heterocycles. The van der Waals surface area contributed by atoms with E-state index < -0.39 is 31.6 Å². The number of carboxylic acid groups (broad SMARTS) is 1. The Hall–Kier alpha value is -1.00. The molecule has 0 fully saturated rings. The third-order valence-corrected chi connectivity index (χ3v) is 5.92. The second-order valence-corrected chi connectivity index (χ2v) is 7.90. The number of nitrogens with two attached hydrogens (primary N) is 1. The number of rotatable bonds is 14. The van der Waals surface area contributed by atoms with Crippen molar-refractivity contribution in [1.29, 1.82) is 0 Å². The number of carbonyl (C=O) groups excluding carboxylic acids is 1. The lowest BCUT2D eigenvalue weighted by atomic mass is 9.87. The highest BCUT2D eigenvalue weighted by Crippen LogP contribution is 2.38. The third kappa shape index (κ3) is 8.20. The molecule has 4 N–H and O–H groups in total. The minimum Gasteiger partial charge on any atom is -0.481 e. The molecule has 6 nitrogen and oxygen atoms in total. The van der Waals surface area contributed by atoms with Crippen LogP contribution in [0.15, 0.2) is 0 Å². The van der Waals surface area contributed by atoms with Gasteiger partial charge in [-0.25, -0.2) is 0 Å². The molecule has 4 unspecified atom stereocenters. The molecule has 0 aliphatic heterocycles. The monoisotopic (exact) mass is 362 g/mol. The first-order valence-electron chi connectivity index (χ1n) is 8.82. The average molecular weight is 362 g/mol. The molecule has 0 radical (unpaired) electrons. The molecule has 140 valence electrons. The maximum Gasteiger partial charge on any atom is 0.360 e. The summed E-state index contributed by atoms with van der Waals surface area (Å²) < 4.78 is 11.5. The maximum atomic E-state index is 11.5. The van der Waals surface area contributed by atoms with Crippen molar-refractivity contribution < 1.29 is 24.4 Å². The molecule has 0 saturated carbocycles. The van der Waals surface area contributed by atoms with E-state index in [1.54, 1.807) is 0 Å². The van der Waals surface area contributed by atoms with Crippen molar-refractivity contribution in [2.75, 3.05) is 0 Å². The Morgan fingerprint density at radius 1 is 1.12 bits per heavy atom. The predicted octanol–water partition coefficient (Wildman–Crippen LogP) is 3.30. The zero-order valence-electron chi connectivity index (χ0n) is 15.1. The van der Waals surface area contributed by atoms with Gasteiger partial charge in [-0.15, -0.1) is 0 Å². The van der Waals surface area contributed by atoms with E-state index in [0.29, 0.717) is 18.3 Å². The van der Waals surface area contributed by atoms with Crippen LogP contribution >= 0.6 is 8.46 Å². The van der Waals surface area contributed by atoms with Crippen molar-refractivity contribution in [3.8, 4) is 0 Å². The van der Waals surface area contributed by atoms with E-state index in [4.69, 9.17) is 5.73 Å². The van der Waals surface area contributed by atoms with Gasteiger partial charge in [-0.2, -0.15) is 0 Å². The van der Waals surface area contributed by atoms with E-state index in [1.807, 2.05) is 0 Å². The summed E-state index contributed by atoms with van der Waals surface area (Å²) in [6.45, 7) is 6.41. The fourth-order valence-corrected chi connectivity index (χ4v) is 3.63. The topological polar surface area (TPSA) is 118 Å². The molecule has 0 aromatic carbocycles. The van der Waals surface area contributed by atoms with Gasteiger partial charge in [0.1, 0.15) is 5.92 Å². The van der Waals surface area contributed by atoms with E-state index in [2.05, 4.69) is 20.8 Å². The average Bonchev–Trinajstić information content (AvgIpc) is 2.53. The van der Waals surface area contributed by atoms with Crippen molar-refractivity contribution in [2.24, 2.45) is 23.5 Å². The van der Waals surface area contributed by atoms with E-state index in [-0.39, 0.29) is 19.3 Å². The molecule has 4 atom stereocenters. The van der Waals surface area contributed by atoms with Crippen LogP contribution < -0.4 is 5.73 Å². The summed E-state index contributed by atoms with van der Waals surface area (Å²) in [6.07, 6.45) is 4.90. The molecule has 0 spiro atoms. The smallest absolute Gasteiger partial charge is 0.360 e. The minimum atomic E-state index is -1.80. The van der Waals surface area contributed by atoms with Crippen LogP contribution in [0.4, 0.5) is 0 Å². The molecule has 0 bridgehead atoms. The second-order valence-electron chi connectivity index (χ2n) is 6.83. The standard InChI is InChI=1S/C17H32NO5P/c1-4-13(5-2)7-6-12(3)10-11-17(22,24-23)14(16(20)21)8-9-15(18)19/h12-14,22H,4-11H2,1-3H3,(H2,18,19)(H,20,21)/p+1. The van der Waals surface area contributed by atoms with Crippen molar-refractivity contribution in [1.82, 2.24) is 0 Å². The van der Waals surface area contributed by atoms with Crippen molar-refractivity contribution in [3.05, 3.63) is 0 Å². The van der Waals surface area contributed by atoms with Crippen LogP contribution in [-0.2, 0) is 14.2 Å². The molecule has 0 saturated heterocycles. The molecular formula is C17H33NO5P+. The number of aliphatic hydroxyl groups is 1. The number of carboxylic acids is 1. The quantitative estimate of drug-likeness (QED) is 0.410. The van der Waals surface area contributed by atoms with Gasteiger partial charge in [0.2, 0.25) is 5.91 Å². The summed E-state index contributed by atoms with van der Waals surface area (Å²) in [5.74, 6) is -2.11. The highest BCUT2D eigenvalue weighted by Gasteiger charge is 2.49. The summed E-state index contributed by atoms with van der Waals surface area (Å²) in [6, 6.07) is 0. The van der Waals surface area contributed by atoms with Crippen LogP contribution in [0.2, 0.25) is 0 Å². The molecule has 24 heavy (non-hydrogen) atoms. The van der Waals surface area contributed by atoms with E-state index >= 15 is 0 Å². The SMILES string of the molecule is CCC(CC)CCC(C)CCC(O)([PH+]=O)C(CCC(N)=O)C(=O)O. The second kappa shape index (κ2) is 11.5. The first-order chi connectivity index (χ1) is 11.2. The van der Waals surface area contributed by atoms with Crippen molar-refractivity contribution in [2.45, 2.75) is 77.5 Å². The molecule has 0 aliphatic rings. The fourth-order valence-electron chi connectivity index (χ4n) is 2.98. The number of aliphatic carboxylic acids is 1. The van der Waals surface area contributed by atoms with Crippen LogP contribution in [0.25, 0.3) is 0 Å². The minimum absolute atomic E-state index is 0.0987. The molecule has 1 amide bonds. The highest BCUT2D eigenvalue weighted by atomic mass is 31.1. The van der Waals surface area contributed by atoms with Crippen LogP contribution in [-0.4, -0.2) is 27.4 Å². The molecule has 0 aliphatic carbocycles. The van der Waals surface area contributed by atoms with E-state index in [9.17, 15) is 24.4 Å².